The van der Waals surface area contributed by atoms with Gasteiger partial charge in [0.05, 0.1) is 4.58 Å². The second-order valence-corrected chi connectivity index (χ2v) is 5.57. The molecule has 66 valence electrons. The van der Waals surface area contributed by atoms with Gasteiger partial charge in [0.15, 0.2) is 0 Å². The highest BCUT2D eigenvalue weighted by Crippen LogP contribution is 2.45. The van der Waals surface area contributed by atoms with Crippen LogP contribution >= 0.6 is 23.5 Å². The zero-order chi connectivity index (χ0) is 9.10. The molecule has 2 rings (SSSR count). The zero-order valence-electron chi connectivity index (χ0n) is 7.19. The van der Waals surface area contributed by atoms with Crippen LogP contribution in [-0.4, -0.2) is 11.5 Å². The van der Waals surface area contributed by atoms with Crippen LogP contribution in [0.4, 0.5) is 0 Å². The molecule has 1 aromatic rings. The highest BCUT2D eigenvalue weighted by atomic mass is 32.2. The van der Waals surface area contributed by atoms with Crippen LogP contribution in [0.2, 0.25) is 0 Å². The average Bonchev–Trinajstić information content (AvgIpc) is 2.71. The minimum Gasteiger partial charge on any atom is -0.142 e. The first-order chi connectivity index (χ1) is 6.40. The van der Waals surface area contributed by atoms with Crippen LogP contribution < -0.4 is 0 Å². The average molecular weight is 206 g/mol. The van der Waals surface area contributed by atoms with Crippen LogP contribution in [0.15, 0.2) is 24.3 Å². The summed E-state index contributed by atoms with van der Waals surface area (Å²) in [5.41, 5.74) is 2.36. The van der Waals surface area contributed by atoms with Gasteiger partial charge in [0.2, 0.25) is 0 Å². The molecule has 0 N–H and O–H groups in total. The predicted octanol–water partition coefficient (Wildman–Crippen LogP) is 3.15. The standard InChI is InChI=1S/C11H10S2/c1-2-9-4-3-5-10(8-9)11-12-6-7-13-11/h1,3-5,8,11H,6-7H2. The molecule has 0 aliphatic carbocycles. The molecular formula is C11H10S2. The number of hydrogen-bond acceptors (Lipinski definition) is 2. The Labute approximate surface area is 87.5 Å². The lowest BCUT2D eigenvalue weighted by atomic mass is 10.1. The molecular weight excluding hydrogens is 196 g/mol. The van der Waals surface area contributed by atoms with E-state index in [9.17, 15) is 0 Å². The summed E-state index contributed by atoms with van der Waals surface area (Å²) >= 11 is 4.02. The van der Waals surface area contributed by atoms with Gasteiger partial charge >= 0.3 is 0 Å². The number of rotatable bonds is 1. The molecule has 1 heterocycles. The van der Waals surface area contributed by atoms with Crippen molar-refractivity contribution in [3.8, 4) is 12.3 Å². The number of hydrogen-bond donors (Lipinski definition) is 0. The maximum absolute atomic E-state index is 5.35. The largest absolute Gasteiger partial charge is 0.142 e. The first kappa shape index (κ1) is 9.05. The van der Waals surface area contributed by atoms with Crippen LogP contribution in [0, 0.1) is 12.3 Å². The summed E-state index contributed by atoms with van der Waals surface area (Å²) in [4.78, 5) is 0. The molecule has 2 heteroatoms. The third-order valence-corrected chi connectivity index (χ3v) is 5.05. The lowest BCUT2D eigenvalue weighted by Gasteiger charge is -2.07. The van der Waals surface area contributed by atoms with Crippen molar-refractivity contribution >= 4 is 23.5 Å². The fraction of sp³-hybridized carbons (Fsp3) is 0.273. The van der Waals surface area contributed by atoms with Gasteiger partial charge in [-0.25, -0.2) is 0 Å². The molecule has 0 aromatic heterocycles. The highest BCUT2D eigenvalue weighted by molar-refractivity contribution is 8.19. The Morgan fingerprint density at radius 2 is 2.08 bits per heavy atom. The first-order valence-electron chi connectivity index (χ1n) is 4.20. The SMILES string of the molecule is C#Cc1cccc(C2SCCS2)c1. The minimum absolute atomic E-state index is 0.605. The molecule has 1 aromatic carbocycles. The third kappa shape index (κ3) is 2.04. The molecule has 0 amide bonds. The quantitative estimate of drug-likeness (QED) is 0.647. The predicted molar refractivity (Wildman–Crippen MR) is 62.0 cm³/mol. The van der Waals surface area contributed by atoms with E-state index in [2.05, 4.69) is 18.1 Å². The summed E-state index contributed by atoms with van der Waals surface area (Å²) in [6.07, 6.45) is 5.35. The van der Waals surface area contributed by atoms with E-state index < -0.39 is 0 Å². The molecule has 0 atom stereocenters. The van der Waals surface area contributed by atoms with Crippen molar-refractivity contribution in [3.63, 3.8) is 0 Å². The minimum atomic E-state index is 0.605. The van der Waals surface area contributed by atoms with Crippen molar-refractivity contribution in [2.75, 3.05) is 11.5 Å². The van der Waals surface area contributed by atoms with Gasteiger partial charge in [0, 0.05) is 17.1 Å². The summed E-state index contributed by atoms with van der Waals surface area (Å²) in [5, 5.41) is 0. The molecule has 0 bridgehead atoms. The second-order valence-electron chi connectivity index (χ2n) is 2.84. The first-order valence-corrected chi connectivity index (χ1v) is 6.29. The summed E-state index contributed by atoms with van der Waals surface area (Å²) in [7, 11) is 0. The summed E-state index contributed by atoms with van der Waals surface area (Å²) < 4.78 is 0.605. The molecule has 1 fully saturated rings. The molecule has 1 aliphatic rings. The van der Waals surface area contributed by atoms with Gasteiger partial charge < -0.3 is 0 Å². The van der Waals surface area contributed by atoms with Crippen molar-refractivity contribution in [1.82, 2.24) is 0 Å². The van der Waals surface area contributed by atoms with Gasteiger partial charge in [0.1, 0.15) is 0 Å². The Kier molecular flexibility index (Phi) is 2.87. The van der Waals surface area contributed by atoms with Crippen LogP contribution in [0.1, 0.15) is 15.7 Å². The van der Waals surface area contributed by atoms with Crippen LogP contribution in [0.3, 0.4) is 0 Å². The van der Waals surface area contributed by atoms with Crippen LogP contribution in [0.25, 0.3) is 0 Å². The summed E-state index contributed by atoms with van der Waals surface area (Å²) in [5.74, 6) is 5.19. The lowest BCUT2D eigenvalue weighted by molar-refractivity contribution is 1.38. The Bertz CT molecular complexity index is 332. The van der Waals surface area contributed by atoms with E-state index in [4.69, 9.17) is 6.42 Å². The molecule has 0 saturated carbocycles. The Hall–Kier alpha value is -0.520. The zero-order valence-corrected chi connectivity index (χ0v) is 8.83. The van der Waals surface area contributed by atoms with Crippen molar-refractivity contribution < 1.29 is 0 Å². The van der Waals surface area contributed by atoms with Crippen LogP contribution in [-0.2, 0) is 0 Å². The van der Waals surface area contributed by atoms with E-state index in [1.165, 1.54) is 17.1 Å². The smallest absolute Gasteiger partial charge is 0.0752 e. The normalized spacial score (nSPS) is 17.2. The van der Waals surface area contributed by atoms with Crippen molar-refractivity contribution in [1.29, 1.82) is 0 Å². The fourth-order valence-electron chi connectivity index (χ4n) is 1.33. The van der Waals surface area contributed by atoms with E-state index in [1.54, 1.807) is 0 Å². The Morgan fingerprint density at radius 1 is 1.31 bits per heavy atom. The highest BCUT2D eigenvalue weighted by Gasteiger charge is 2.17. The Morgan fingerprint density at radius 3 is 2.77 bits per heavy atom. The van der Waals surface area contributed by atoms with E-state index in [-0.39, 0.29) is 0 Å². The maximum Gasteiger partial charge on any atom is 0.0752 e. The van der Waals surface area contributed by atoms with Gasteiger partial charge in [-0.05, 0) is 17.7 Å². The third-order valence-electron chi connectivity index (χ3n) is 1.95. The number of terminal acetylenes is 1. The summed E-state index contributed by atoms with van der Waals surface area (Å²) in [6, 6.07) is 8.31. The molecule has 0 radical (unpaired) electrons. The lowest BCUT2D eigenvalue weighted by Crippen LogP contribution is -1.85. The van der Waals surface area contributed by atoms with Crippen LogP contribution in [0.5, 0.6) is 0 Å². The second kappa shape index (κ2) is 4.13. The maximum atomic E-state index is 5.35. The van der Waals surface area contributed by atoms with E-state index in [0.29, 0.717) is 4.58 Å². The molecule has 1 aliphatic heterocycles. The van der Waals surface area contributed by atoms with Gasteiger partial charge in [-0.2, -0.15) is 0 Å². The van der Waals surface area contributed by atoms with Gasteiger partial charge in [-0.3, -0.25) is 0 Å². The van der Waals surface area contributed by atoms with Gasteiger partial charge in [-0.15, -0.1) is 29.9 Å². The monoisotopic (exact) mass is 206 g/mol. The summed E-state index contributed by atoms with van der Waals surface area (Å²) in [6.45, 7) is 0. The fourth-order valence-corrected chi connectivity index (χ4v) is 4.16. The van der Waals surface area contributed by atoms with Gasteiger partial charge in [-0.1, -0.05) is 18.1 Å². The van der Waals surface area contributed by atoms with E-state index in [0.717, 1.165) is 5.56 Å². The Balaban J connectivity index is 2.25. The van der Waals surface area contributed by atoms with Crippen molar-refractivity contribution in [2.24, 2.45) is 0 Å². The van der Waals surface area contributed by atoms with Gasteiger partial charge in [0.25, 0.3) is 0 Å². The molecule has 1 saturated heterocycles. The molecule has 0 nitrogen and oxygen atoms in total. The molecule has 13 heavy (non-hydrogen) atoms. The molecule has 0 spiro atoms. The number of benzene rings is 1. The topological polar surface area (TPSA) is 0 Å². The molecule has 0 unspecified atom stereocenters. The van der Waals surface area contributed by atoms with E-state index >= 15 is 0 Å². The number of thioether (sulfide) groups is 2. The van der Waals surface area contributed by atoms with Crippen molar-refractivity contribution in [3.05, 3.63) is 35.4 Å². The van der Waals surface area contributed by atoms with Crippen molar-refractivity contribution in [2.45, 2.75) is 4.58 Å². The van der Waals surface area contributed by atoms with E-state index in [1.807, 2.05) is 35.7 Å².